The first-order chi connectivity index (χ1) is 10.6. The van der Waals surface area contributed by atoms with Crippen molar-refractivity contribution >= 4 is 5.91 Å². The lowest BCUT2D eigenvalue weighted by atomic mass is 10.1. The van der Waals surface area contributed by atoms with Crippen LogP contribution < -0.4 is 11.1 Å². The topological polar surface area (TPSA) is 87.6 Å². The normalized spacial score (nSPS) is 16.9. The second kappa shape index (κ2) is 8.26. The van der Waals surface area contributed by atoms with E-state index in [1.807, 2.05) is 13.8 Å². The van der Waals surface area contributed by atoms with E-state index in [9.17, 15) is 4.79 Å². The van der Waals surface area contributed by atoms with Gasteiger partial charge in [-0.05, 0) is 13.8 Å². The highest BCUT2D eigenvalue weighted by Crippen LogP contribution is 2.16. The number of hydrogen-bond acceptors (Lipinski definition) is 6. The maximum atomic E-state index is 11.6. The van der Waals surface area contributed by atoms with E-state index >= 15 is 0 Å². The maximum absolute atomic E-state index is 11.6. The number of amides is 1. The smallest absolute Gasteiger partial charge is 0.221 e. The summed E-state index contributed by atoms with van der Waals surface area (Å²) in [7, 11) is 0. The van der Waals surface area contributed by atoms with Crippen LogP contribution in [0.2, 0.25) is 0 Å². The molecule has 0 saturated carbocycles. The van der Waals surface area contributed by atoms with E-state index in [-0.39, 0.29) is 5.91 Å². The fraction of sp³-hybridized carbons (Fsp3) is 0.733. The Balaban J connectivity index is 1.69. The molecular weight excluding hydrogens is 282 g/mol. The largest absolute Gasteiger partial charge is 0.361 e. The molecule has 2 heterocycles. The highest BCUT2D eigenvalue weighted by Gasteiger charge is 2.20. The van der Waals surface area contributed by atoms with E-state index in [4.69, 9.17) is 10.3 Å². The fourth-order valence-electron chi connectivity index (χ4n) is 2.68. The van der Waals surface area contributed by atoms with Gasteiger partial charge in [0.25, 0.3) is 0 Å². The molecule has 7 heteroatoms. The number of aromatic nitrogens is 1. The summed E-state index contributed by atoms with van der Waals surface area (Å²) in [4.78, 5) is 16.3. The fourth-order valence-corrected chi connectivity index (χ4v) is 2.68. The Hall–Kier alpha value is -1.44. The second-order valence-electron chi connectivity index (χ2n) is 5.81. The third-order valence-corrected chi connectivity index (χ3v) is 4.15. The van der Waals surface area contributed by atoms with Gasteiger partial charge >= 0.3 is 0 Å². The zero-order chi connectivity index (χ0) is 15.9. The molecule has 3 N–H and O–H groups in total. The molecule has 1 fully saturated rings. The van der Waals surface area contributed by atoms with Crippen molar-refractivity contribution in [3.8, 4) is 0 Å². The number of carbonyl (C=O) groups excluding carboxylic acids is 1. The molecule has 0 aromatic carbocycles. The molecule has 124 valence electrons. The number of aryl methyl sites for hydroxylation is 2. The maximum Gasteiger partial charge on any atom is 0.221 e. The van der Waals surface area contributed by atoms with Crippen molar-refractivity contribution in [1.29, 1.82) is 0 Å². The highest BCUT2D eigenvalue weighted by molar-refractivity contribution is 5.76. The molecule has 0 bridgehead atoms. The molecule has 1 aliphatic heterocycles. The van der Waals surface area contributed by atoms with Crippen LogP contribution in [0.15, 0.2) is 4.52 Å². The average Bonchev–Trinajstić information content (AvgIpc) is 2.84. The third kappa shape index (κ3) is 4.79. The van der Waals surface area contributed by atoms with Crippen molar-refractivity contribution in [3.05, 3.63) is 17.0 Å². The minimum Gasteiger partial charge on any atom is -0.361 e. The minimum atomic E-state index is 0.0867. The van der Waals surface area contributed by atoms with Crippen molar-refractivity contribution in [2.45, 2.75) is 26.8 Å². The van der Waals surface area contributed by atoms with Crippen molar-refractivity contribution in [3.63, 3.8) is 0 Å². The molecule has 1 aromatic rings. The van der Waals surface area contributed by atoms with Crippen LogP contribution in [0.5, 0.6) is 0 Å². The highest BCUT2D eigenvalue weighted by atomic mass is 16.5. The Morgan fingerprint density at radius 1 is 1.27 bits per heavy atom. The van der Waals surface area contributed by atoms with Crippen LogP contribution >= 0.6 is 0 Å². The third-order valence-electron chi connectivity index (χ3n) is 4.15. The van der Waals surface area contributed by atoms with Crippen molar-refractivity contribution < 1.29 is 9.32 Å². The molecule has 22 heavy (non-hydrogen) atoms. The Kier molecular flexibility index (Phi) is 6.35. The first kappa shape index (κ1) is 16.9. The van der Waals surface area contributed by atoms with Crippen molar-refractivity contribution in [2.24, 2.45) is 5.73 Å². The standard InChI is InChI=1S/C15H27N5O2/c1-12-14(13(2)22-18-12)11-20-9-7-19(8-10-20)6-3-15(21)17-5-4-16/h3-11,16H2,1-2H3,(H,17,21). The molecule has 2 rings (SSSR count). The van der Waals surface area contributed by atoms with Gasteiger partial charge in [-0.3, -0.25) is 9.69 Å². The first-order valence-corrected chi connectivity index (χ1v) is 7.93. The van der Waals surface area contributed by atoms with Gasteiger partial charge in [-0.2, -0.15) is 0 Å². The lowest BCUT2D eigenvalue weighted by Gasteiger charge is -2.34. The van der Waals surface area contributed by atoms with E-state index < -0.39 is 0 Å². The predicted octanol–water partition coefficient (Wildman–Crippen LogP) is -0.126. The molecule has 1 aromatic heterocycles. The molecule has 0 unspecified atom stereocenters. The lowest BCUT2D eigenvalue weighted by Crippen LogP contribution is -2.46. The number of piperazine rings is 1. The van der Waals surface area contributed by atoms with Gasteiger partial charge in [-0.1, -0.05) is 5.16 Å². The summed E-state index contributed by atoms with van der Waals surface area (Å²) in [5, 5.41) is 6.81. The number of nitrogens with zero attached hydrogens (tertiary/aromatic N) is 3. The predicted molar refractivity (Wildman–Crippen MR) is 84.4 cm³/mol. The van der Waals surface area contributed by atoms with Gasteiger partial charge in [0.2, 0.25) is 5.91 Å². The van der Waals surface area contributed by atoms with E-state index in [1.165, 1.54) is 5.56 Å². The molecular formula is C15H27N5O2. The van der Waals surface area contributed by atoms with Gasteiger partial charge in [0.15, 0.2) is 0 Å². The van der Waals surface area contributed by atoms with E-state index in [1.54, 1.807) is 0 Å². The van der Waals surface area contributed by atoms with Gasteiger partial charge in [-0.15, -0.1) is 0 Å². The Morgan fingerprint density at radius 2 is 1.95 bits per heavy atom. The summed E-state index contributed by atoms with van der Waals surface area (Å²) in [6.07, 6.45) is 0.546. The SMILES string of the molecule is Cc1noc(C)c1CN1CCN(CCC(=O)NCCN)CC1. The zero-order valence-electron chi connectivity index (χ0n) is 13.6. The summed E-state index contributed by atoms with van der Waals surface area (Å²) in [5.74, 6) is 1.00. The molecule has 7 nitrogen and oxygen atoms in total. The Morgan fingerprint density at radius 3 is 2.55 bits per heavy atom. The van der Waals surface area contributed by atoms with Crippen molar-refractivity contribution in [1.82, 2.24) is 20.3 Å². The first-order valence-electron chi connectivity index (χ1n) is 7.93. The van der Waals surface area contributed by atoms with Gasteiger partial charge < -0.3 is 20.5 Å². The van der Waals surface area contributed by atoms with Gasteiger partial charge in [-0.25, -0.2) is 0 Å². The van der Waals surface area contributed by atoms with Crippen LogP contribution in [0.25, 0.3) is 0 Å². The van der Waals surface area contributed by atoms with Crippen LogP contribution in [0.1, 0.15) is 23.4 Å². The van der Waals surface area contributed by atoms with Crippen LogP contribution in [0.3, 0.4) is 0 Å². The number of nitrogens with one attached hydrogen (secondary N) is 1. The molecule has 0 spiro atoms. The van der Waals surface area contributed by atoms with E-state index in [0.29, 0.717) is 19.5 Å². The summed E-state index contributed by atoms with van der Waals surface area (Å²) in [5.41, 5.74) is 7.55. The summed E-state index contributed by atoms with van der Waals surface area (Å²) in [6.45, 7) is 10.7. The van der Waals surface area contributed by atoms with Gasteiger partial charge in [0, 0.05) is 64.3 Å². The van der Waals surface area contributed by atoms with Crippen LogP contribution in [0, 0.1) is 13.8 Å². The molecule has 0 radical (unpaired) electrons. The number of hydrogen-bond donors (Lipinski definition) is 2. The van der Waals surface area contributed by atoms with Crippen molar-refractivity contribution in [2.75, 3.05) is 45.8 Å². The van der Waals surface area contributed by atoms with E-state index in [2.05, 4.69) is 20.3 Å². The van der Waals surface area contributed by atoms with Gasteiger partial charge in [0.1, 0.15) is 5.76 Å². The summed E-state index contributed by atoms with van der Waals surface area (Å²) in [6, 6.07) is 0. The number of nitrogens with two attached hydrogens (primary N) is 1. The van der Waals surface area contributed by atoms with Gasteiger partial charge in [0.05, 0.1) is 5.69 Å². The summed E-state index contributed by atoms with van der Waals surface area (Å²) >= 11 is 0. The molecule has 1 saturated heterocycles. The summed E-state index contributed by atoms with van der Waals surface area (Å²) < 4.78 is 5.21. The Bertz CT molecular complexity index is 461. The second-order valence-corrected chi connectivity index (χ2v) is 5.81. The van der Waals surface area contributed by atoms with Crippen LogP contribution in [0.4, 0.5) is 0 Å². The molecule has 0 atom stereocenters. The van der Waals surface area contributed by atoms with Crippen LogP contribution in [-0.2, 0) is 11.3 Å². The monoisotopic (exact) mass is 309 g/mol. The zero-order valence-corrected chi connectivity index (χ0v) is 13.6. The quantitative estimate of drug-likeness (QED) is 0.730. The molecule has 1 aliphatic rings. The average molecular weight is 309 g/mol. The molecule has 0 aliphatic carbocycles. The minimum absolute atomic E-state index is 0.0867. The lowest BCUT2D eigenvalue weighted by molar-refractivity contribution is -0.121. The molecule has 1 amide bonds. The number of rotatable bonds is 7. The number of carbonyl (C=O) groups is 1. The Labute approximate surface area is 131 Å². The van der Waals surface area contributed by atoms with Crippen LogP contribution in [-0.4, -0.2) is 66.7 Å². The van der Waals surface area contributed by atoms with E-state index in [0.717, 1.165) is 50.7 Å².